The lowest BCUT2D eigenvalue weighted by Gasteiger charge is -2.41. The number of unbranched alkanes of at least 4 members (excludes halogenated alkanes) is 2. The largest absolute Gasteiger partial charge is 0.508 e. The van der Waals surface area contributed by atoms with Crippen LogP contribution in [0.1, 0.15) is 76.8 Å². The van der Waals surface area contributed by atoms with E-state index in [0.717, 1.165) is 44.2 Å². The number of amides is 4. The lowest BCUT2D eigenvalue weighted by molar-refractivity contribution is -0.121. The van der Waals surface area contributed by atoms with E-state index in [4.69, 9.17) is 10.5 Å². The van der Waals surface area contributed by atoms with Gasteiger partial charge in [-0.05, 0) is 105 Å². The molecule has 10 nitrogen and oxygen atoms in total. The van der Waals surface area contributed by atoms with Crippen molar-refractivity contribution in [3.63, 3.8) is 0 Å². The Morgan fingerprint density at radius 3 is 2.46 bits per heavy atom. The number of carbonyl (C=O) groups excluding carboxylic acids is 4. The van der Waals surface area contributed by atoms with E-state index in [1.165, 1.54) is 23.8 Å². The summed E-state index contributed by atoms with van der Waals surface area (Å²) in [4.78, 5) is 53.5. The van der Waals surface area contributed by atoms with Crippen LogP contribution in [0.4, 0.5) is 5.69 Å². The van der Waals surface area contributed by atoms with Crippen LogP contribution in [0, 0.1) is 0 Å². The molecule has 4 amide bonds. The molecular weight excluding hydrogens is 584 g/mol. The van der Waals surface area contributed by atoms with Crippen molar-refractivity contribution in [1.29, 1.82) is 0 Å². The summed E-state index contributed by atoms with van der Waals surface area (Å²) in [6.07, 6.45) is 5.95. The van der Waals surface area contributed by atoms with E-state index >= 15 is 0 Å². The molecule has 242 valence electrons. The van der Waals surface area contributed by atoms with Crippen LogP contribution >= 0.6 is 0 Å². The molecular formula is C36H42N4O6. The van der Waals surface area contributed by atoms with Gasteiger partial charge in [0, 0.05) is 55.3 Å². The number of hydrogen-bond donors (Lipinski definition) is 3. The Hall–Kier alpha value is -4.86. The number of aromatic hydroxyl groups is 1. The van der Waals surface area contributed by atoms with E-state index in [1.807, 2.05) is 40.1 Å². The number of benzene rings is 3. The van der Waals surface area contributed by atoms with E-state index in [2.05, 4.69) is 11.4 Å². The van der Waals surface area contributed by atoms with Gasteiger partial charge in [-0.15, -0.1) is 0 Å². The number of carbonyl (C=O) groups is 4. The number of nitrogens with zero attached hydrogens (tertiary/aromatic N) is 2. The number of primary amides is 1. The van der Waals surface area contributed by atoms with Crippen LogP contribution in [-0.4, -0.2) is 65.9 Å². The molecule has 1 saturated heterocycles. The summed E-state index contributed by atoms with van der Waals surface area (Å²) in [6.45, 7) is 2.07. The number of anilines is 1. The Bertz CT molecular complexity index is 1550. The number of piperidine rings is 1. The molecule has 0 unspecified atom stereocenters. The minimum atomic E-state index is -0.570. The molecule has 3 aromatic rings. The van der Waals surface area contributed by atoms with Gasteiger partial charge in [0.05, 0.1) is 6.61 Å². The fraction of sp³-hybridized carbons (Fsp3) is 0.389. The van der Waals surface area contributed by atoms with Crippen molar-refractivity contribution in [3.05, 3.63) is 89.0 Å². The topological polar surface area (TPSA) is 142 Å². The van der Waals surface area contributed by atoms with E-state index in [0.29, 0.717) is 67.9 Å². The van der Waals surface area contributed by atoms with Gasteiger partial charge in [-0.1, -0.05) is 18.2 Å². The third kappa shape index (κ3) is 8.24. The molecule has 1 fully saturated rings. The second-order valence-corrected chi connectivity index (χ2v) is 11.9. The molecule has 0 aliphatic carbocycles. The predicted octanol–water partition coefficient (Wildman–Crippen LogP) is 4.37. The van der Waals surface area contributed by atoms with E-state index in [-0.39, 0.29) is 29.5 Å². The Morgan fingerprint density at radius 2 is 1.70 bits per heavy atom. The molecule has 4 N–H and O–H groups in total. The maximum Gasteiger partial charge on any atom is 0.253 e. The normalized spacial score (nSPS) is 14.9. The highest BCUT2D eigenvalue weighted by Gasteiger charge is 2.33. The van der Waals surface area contributed by atoms with Crippen molar-refractivity contribution in [2.24, 2.45) is 5.73 Å². The summed E-state index contributed by atoms with van der Waals surface area (Å²) in [6, 6.07) is 19.8. The van der Waals surface area contributed by atoms with Gasteiger partial charge in [-0.3, -0.25) is 19.2 Å². The van der Waals surface area contributed by atoms with Crippen LogP contribution in [-0.2, 0) is 22.4 Å². The zero-order chi connectivity index (χ0) is 32.5. The van der Waals surface area contributed by atoms with Gasteiger partial charge in [0.2, 0.25) is 17.7 Å². The highest BCUT2D eigenvalue weighted by atomic mass is 16.5. The number of phenolic OH excluding ortho intramolecular Hbond substituents is 1. The molecule has 2 heterocycles. The lowest BCUT2D eigenvalue weighted by atomic mass is 9.95. The summed E-state index contributed by atoms with van der Waals surface area (Å²) >= 11 is 0. The van der Waals surface area contributed by atoms with Crippen LogP contribution in [0.15, 0.2) is 66.7 Å². The monoisotopic (exact) mass is 626 g/mol. The Balaban J connectivity index is 0.968. The number of phenols is 1. The summed E-state index contributed by atoms with van der Waals surface area (Å²) in [7, 11) is 0. The standard InChI is InChI=1S/C36H42N4O6/c37-35(44)31-15-12-29(41)24-27(31)17-20-38-33(42)8-2-1-5-23-46-30-13-9-26(10-14-30)36(45)39-21-18-28(19-22-39)40-32-7-4-3-6-25(32)11-16-34(40)43/h3-4,6-7,9-10,12-15,24,28,41H,1-2,5,8,11,16-23H2,(H2,37,44)(H,38,42). The fourth-order valence-electron chi connectivity index (χ4n) is 6.26. The van der Waals surface area contributed by atoms with Gasteiger partial charge in [0.15, 0.2) is 0 Å². The number of likely N-dealkylation sites (tertiary alicyclic amines) is 1. The van der Waals surface area contributed by atoms with Gasteiger partial charge in [-0.25, -0.2) is 0 Å². The Kier molecular flexibility index (Phi) is 10.9. The number of para-hydroxylation sites is 1. The number of rotatable bonds is 13. The number of aryl methyl sites for hydroxylation is 1. The van der Waals surface area contributed by atoms with Gasteiger partial charge in [-0.2, -0.15) is 0 Å². The van der Waals surface area contributed by atoms with Crippen molar-refractivity contribution in [3.8, 4) is 11.5 Å². The third-order valence-electron chi connectivity index (χ3n) is 8.73. The lowest BCUT2D eigenvalue weighted by Crippen LogP contribution is -2.50. The Labute approximate surface area is 269 Å². The number of hydrogen-bond acceptors (Lipinski definition) is 6. The molecule has 0 spiro atoms. The van der Waals surface area contributed by atoms with Crippen molar-refractivity contribution >= 4 is 29.3 Å². The predicted molar refractivity (Wildman–Crippen MR) is 175 cm³/mol. The smallest absolute Gasteiger partial charge is 0.253 e. The quantitative estimate of drug-likeness (QED) is 0.241. The summed E-state index contributed by atoms with van der Waals surface area (Å²) in [5.74, 6) is 0.256. The highest BCUT2D eigenvalue weighted by Crippen LogP contribution is 2.32. The van der Waals surface area contributed by atoms with E-state index in [1.54, 1.807) is 12.1 Å². The first-order valence-electron chi connectivity index (χ1n) is 16.1. The molecule has 46 heavy (non-hydrogen) atoms. The molecule has 2 aliphatic rings. The summed E-state index contributed by atoms with van der Waals surface area (Å²) in [5.41, 5.74) is 9.17. The first-order valence-corrected chi connectivity index (χ1v) is 16.1. The van der Waals surface area contributed by atoms with Crippen LogP contribution < -0.4 is 20.7 Å². The minimum absolute atomic E-state index is 0.0103. The number of ether oxygens (including phenoxy) is 1. The van der Waals surface area contributed by atoms with Gasteiger partial charge in [0.25, 0.3) is 5.91 Å². The van der Waals surface area contributed by atoms with Gasteiger partial charge in [0.1, 0.15) is 11.5 Å². The molecule has 10 heteroatoms. The van der Waals surface area contributed by atoms with Gasteiger partial charge >= 0.3 is 0 Å². The second-order valence-electron chi connectivity index (χ2n) is 11.9. The SMILES string of the molecule is NC(=O)c1ccc(O)cc1CCNC(=O)CCCCCOc1ccc(C(=O)N2CCC(N3C(=O)CCc4ccccc43)CC2)cc1. The first kappa shape index (κ1) is 32.5. The maximum absolute atomic E-state index is 13.2. The van der Waals surface area contributed by atoms with Crippen LogP contribution in [0.25, 0.3) is 0 Å². The van der Waals surface area contributed by atoms with Crippen LogP contribution in [0.2, 0.25) is 0 Å². The molecule has 0 atom stereocenters. The molecule has 0 aromatic heterocycles. The molecule has 0 radical (unpaired) electrons. The summed E-state index contributed by atoms with van der Waals surface area (Å²) in [5, 5.41) is 12.5. The van der Waals surface area contributed by atoms with E-state index in [9.17, 15) is 24.3 Å². The first-order chi connectivity index (χ1) is 22.3. The highest BCUT2D eigenvalue weighted by molar-refractivity contribution is 5.97. The molecule has 3 aromatic carbocycles. The fourth-order valence-corrected chi connectivity index (χ4v) is 6.26. The molecule has 5 rings (SSSR count). The van der Waals surface area contributed by atoms with Crippen molar-refractivity contribution in [1.82, 2.24) is 10.2 Å². The number of nitrogens with one attached hydrogen (secondary N) is 1. The number of fused-ring (bicyclic) bond motifs is 1. The second kappa shape index (κ2) is 15.4. The van der Waals surface area contributed by atoms with Crippen molar-refractivity contribution in [2.75, 3.05) is 31.1 Å². The molecule has 2 aliphatic heterocycles. The third-order valence-corrected chi connectivity index (χ3v) is 8.73. The molecule has 0 saturated carbocycles. The Morgan fingerprint density at radius 1 is 0.935 bits per heavy atom. The van der Waals surface area contributed by atoms with Gasteiger partial charge < -0.3 is 30.7 Å². The number of nitrogens with two attached hydrogens (primary N) is 1. The average Bonchev–Trinajstić information content (AvgIpc) is 3.06. The maximum atomic E-state index is 13.2. The van der Waals surface area contributed by atoms with E-state index < -0.39 is 5.91 Å². The minimum Gasteiger partial charge on any atom is -0.508 e. The molecule has 0 bridgehead atoms. The average molecular weight is 627 g/mol. The zero-order valence-electron chi connectivity index (χ0n) is 26.1. The van der Waals surface area contributed by atoms with Crippen LogP contribution in [0.5, 0.6) is 11.5 Å². The van der Waals surface area contributed by atoms with Crippen molar-refractivity contribution in [2.45, 2.75) is 63.8 Å². The summed E-state index contributed by atoms with van der Waals surface area (Å²) < 4.78 is 5.85. The van der Waals surface area contributed by atoms with Crippen molar-refractivity contribution < 1.29 is 29.0 Å². The zero-order valence-corrected chi connectivity index (χ0v) is 26.1. The van der Waals surface area contributed by atoms with Crippen LogP contribution in [0.3, 0.4) is 0 Å².